The molecule has 15 nitrogen and oxygen atoms in total. The average Bonchev–Trinajstić information content (AvgIpc) is 4.00. The van der Waals surface area contributed by atoms with Crippen LogP contribution in [0.3, 0.4) is 0 Å². The average molecular weight is 852 g/mol. The van der Waals surface area contributed by atoms with Crippen molar-refractivity contribution in [3.8, 4) is 0 Å². The Morgan fingerprint density at radius 3 is 1.27 bits per heavy atom. The highest BCUT2D eigenvalue weighted by molar-refractivity contribution is 5.96. The van der Waals surface area contributed by atoms with Gasteiger partial charge < -0.3 is 36.4 Å². The second-order valence-corrected chi connectivity index (χ2v) is 17.9. The third-order valence-electron chi connectivity index (χ3n) is 13.6. The number of aryl methyl sites for hydroxylation is 1. The molecule has 3 aliphatic heterocycles. The molecule has 62 heavy (non-hydrogen) atoms. The number of amides is 6. The summed E-state index contributed by atoms with van der Waals surface area (Å²) in [4.78, 5) is 86.5. The van der Waals surface area contributed by atoms with Crippen molar-refractivity contribution < 1.29 is 39.0 Å². The monoisotopic (exact) mass is 851 g/mol. The van der Waals surface area contributed by atoms with Gasteiger partial charge in [0.2, 0.25) is 23.6 Å². The molecule has 0 radical (unpaired) electrons. The summed E-state index contributed by atoms with van der Waals surface area (Å²) in [5.41, 5.74) is 14.7. The molecule has 6 N–H and O–H groups in total. The smallest absolute Gasteiger partial charge is 0.407 e. The summed E-state index contributed by atoms with van der Waals surface area (Å²) in [5, 5.41) is 19.6. The number of carboxylic acid groups (broad SMARTS) is 2. The Morgan fingerprint density at radius 1 is 0.613 bits per heavy atom. The van der Waals surface area contributed by atoms with Crippen LogP contribution in [0.15, 0.2) is 72.8 Å². The number of primary amides is 2. The standard InChI is InChI=1S/C47H61N7O8/c1-28(2)38(50(6)44(59)60)40(55)52-26-8-24-46(52,42(48)57)33-16-12-31(13-17-33)36-22-23-37(54(36)35-20-10-30(5)11-21-35)32-14-18-34(19-15-32)47(43(49)58)25-9-27-53(47)41(56)39(29(3)4)51(7)45(61)62/h10-21,28-29,36-39H,8-9,22-27H2,1-7H3,(H2,48,57)(H2,49,58)(H,59,60)(H,61,62)/t36-,37-,38-,39-,46-,47-/m0/s1. The Balaban J connectivity index is 1.33. The molecule has 3 aromatic carbocycles. The molecule has 3 saturated heterocycles. The number of nitrogens with two attached hydrogens (primary N) is 2. The number of nitrogens with zero attached hydrogens (tertiary/aromatic N) is 5. The van der Waals surface area contributed by atoms with Gasteiger partial charge >= 0.3 is 12.2 Å². The van der Waals surface area contributed by atoms with Crippen molar-refractivity contribution in [2.45, 2.75) is 108 Å². The molecule has 3 aliphatic rings. The SMILES string of the molecule is Cc1ccc(N2[C@H](c3ccc([C@]4(C(N)=O)CCCN4C(=O)[C@H](C(C)C)N(C)C(=O)O)cc3)CC[C@H]2c2ccc([C@]3(C(N)=O)CCCN3C(=O)[C@H](C(C)C)N(C)C(=O)O)cc2)cc1. The lowest BCUT2D eigenvalue weighted by Crippen LogP contribution is -2.59. The van der Waals surface area contributed by atoms with Gasteiger partial charge in [-0.1, -0.05) is 93.9 Å². The fraction of sp³-hybridized carbons (Fsp3) is 0.489. The van der Waals surface area contributed by atoms with Gasteiger partial charge in [0.15, 0.2) is 0 Å². The Kier molecular flexibility index (Phi) is 13.0. The molecule has 0 aliphatic carbocycles. The van der Waals surface area contributed by atoms with E-state index in [2.05, 4.69) is 29.2 Å². The van der Waals surface area contributed by atoms with E-state index in [9.17, 15) is 39.0 Å². The van der Waals surface area contributed by atoms with Gasteiger partial charge in [0.1, 0.15) is 23.2 Å². The van der Waals surface area contributed by atoms with E-state index >= 15 is 0 Å². The van der Waals surface area contributed by atoms with Crippen LogP contribution in [0.5, 0.6) is 0 Å². The maximum Gasteiger partial charge on any atom is 0.407 e. The molecule has 332 valence electrons. The molecule has 6 atom stereocenters. The van der Waals surface area contributed by atoms with Crippen LogP contribution in [-0.4, -0.2) is 105 Å². The van der Waals surface area contributed by atoms with Crippen LogP contribution in [0.4, 0.5) is 15.3 Å². The molecule has 15 heteroatoms. The van der Waals surface area contributed by atoms with E-state index < -0.39 is 59.0 Å². The molecule has 0 saturated carbocycles. The highest BCUT2D eigenvalue weighted by Crippen LogP contribution is 2.49. The van der Waals surface area contributed by atoms with Gasteiger partial charge in [0.05, 0.1) is 12.1 Å². The number of likely N-dealkylation sites (N-methyl/N-ethyl adjacent to an activating group) is 2. The Hall–Kier alpha value is -6.12. The van der Waals surface area contributed by atoms with E-state index in [1.54, 1.807) is 27.7 Å². The first-order valence-corrected chi connectivity index (χ1v) is 21.5. The van der Waals surface area contributed by atoms with Crippen molar-refractivity contribution in [2.24, 2.45) is 23.3 Å². The number of benzene rings is 3. The quantitative estimate of drug-likeness (QED) is 0.160. The summed E-state index contributed by atoms with van der Waals surface area (Å²) in [6, 6.07) is 21.5. The number of carbonyl (C=O) groups is 6. The van der Waals surface area contributed by atoms with Gasteiger partial charge in [-0.25, -0.2) is 9.59 Å². The van der Waals surface area contributed by atoms with E-state index in [0.29, 0.717) is 36.8 Å². The van der Waals surface area contributed by atoms with Crippen molar-refractivity contribution in [1.82, 2.24) is 19.6 Å². The summed E-state index contributed by atoms with van der Waals surface area (Å²) < 4.78 is 0. The molecule has 3 aromatic rings. The van der Waals surface area contributed by atoms with Crippen LogP contribution in [0.25, 0.3) is 0 Å². The number of likely N-dealkylation sites (tertiary alicyclic amines) is 2. The minimum atomic E-state index is -1.44. The second kappa shape index (κ2) is 17.7. The van der Waals surface area contributed by atoms with Crippen LogP contribution in [0.1, 0.15) is 106 Å². The number of hydrogen-bond acceptors (Lipinski definition) is 7. The molecule has 6 rings (SSSR count). The van der Waals surface area contributed by atoms with Crippen LogP contribution in [-0.2, 0) is 30.3 Å². The van der Waals surface area contributed by atoms with Crippen LogP contribution in [0, 0.1) is 18.8 Å². The van der Waals surface area contributed by atoms with Gasteiger partial charge in [0, 0.05) is 32.9 Å². The van der Waals surface area contributed by atoms with E-state index in [1.165, 1.54) is 23.9 Å². The maximum atomic E-state index is 14.1. The first-order valence-electron chi connectivity index (χ1n) is 21.5. The van der Waals surface area contributed by atoms with Gasteiger partial charge in [0.25, 0.3) is 0 Å². The summed E-state index contributed by atoms with van der Waals surface area (Å²) in [5.74, 6) is -2.95. The van der Waals surface area contributed by atoms with E-state index in [-0.39, 0.29) is 37.0 Å². The van der Waals surface area contributed by atoms with Crippen molar-refractivity contribution >= 4 is 41.5 Å². The first-order chi connectivity index (χ1) is 29.3. The topological polar surface area (TPSA) is 211 Å². The molecule has 6 amide bonds. The minimum Gasteiger partial charge on any atom is -0.465 e. The lowest BCUT2D eigenvalue weighted by atomic mass is 9.84. The highest BCUT2D eigenvalue weighted by Gasteiger charge is 2.54. The summed E-state index contributed by atoms with van der Waals surface area (Å²) in [6.07, 6.45) is 0.764. The minimum absolute atomic E-state index is 0.0871. The second-order valence-electron chi connectivity index (χ2n) is 17.9. The lowest BCUT2D eigenvalue weighted by molar-refractivity contribution is -0.148. The maximum absolute atomic E-state index is 14.1. The molecular weight excluding hydrogens is 791 g/mol. The zero-order valence-corrected chi connectivity index (χ0v) is 36.8. The van der Waals surface area contributed by atoms with Gasteiger partial charge in [-0.3, -0.25) is 29.0 Å². The molecular formula is C47H61N7O8. The van der Waals surface area contributed by atoms with E-state index in [4.69, 9.17) is 11.5 Å². The highest BCUT2D eigenvalue weighted by atomic mass is 16.4. The molecule has 3 fully saturated rings. The predicted molar refractivity (Wildman–Crippen MR) is 234 cm³/mol. The van der Waals surface area contributed by atoms with Crippen LogP contribution in [0.2, 0.25) is 0 Å². The van der Waals surface area contributed by atoms with Crippen molar-refractivity contribution in [1.29, 1.82) is 0 Å². The predicted octanol–water partition coefficient (Wildman–Crippen LogP) is 5.95. The van der Waals surface area contributed by atoms with Crippen molar-refractivity contribution in [2.75, 3.05) is 32.1 Å². The zero-order valence-electron chi connectivity index (χ0n) is 36.8. The van der Waals surface area contributed by atoms with Gasteiger partial charge in [-0.2, -0.15) is 0 Å². The Morgan fingerprint density at radius 2 is 0.968 bits per heavy atom. The summed E-state index contributed by atoms with van der Waals surface area (Å²) in [7, 11) is 2.73. The molecule has 0 unspecified atom stereocenters. The van der Waals surface area contributed by atoms with Crippen LogP contribution >= 0.6 is 0 Å². The molecule has 3 heterocycles. The van der Waals surface area contributed by atoms with E-state index in [1.807, 2.05) is 55.5 Å². The third-order valence-corrected chi connectivity index (χ3v) is 13.6. The first kappa shape index (κ1) is 45.4. The Bertz CT molecular complexity index is 2050. The molecule has 0 spiro atoms. The number of hydrogen-bond donors (Lipinski definition) is 4. The molecule has 0 aromatic heterocycles. The van der Waals surface area contributed by atoms with Crippen molar-refractivity contribution in [3.05, 3.63) is 101 Å². The summed E-state index contributed by atoms with van der Waals surface area (Å²) >= 11 is 0. The summed E-state index contributed by atoms with van der Waals surface area (Å²) in [6.45, 7) is 9.67. The number of carbonyl (C=O) groups excluding carboxylic acids is 4. The normalized spacial score (nSPS) is 23.4. The number of rotatable bonds is 13. The fourth-order valence-corrected chi connectivity index (χ4v) is 10.5. The van der Waals surface area contributed by atoms with Gasteiger partial charge in [-0.05, 0) is 91.7 Å². The number of anilines is 1. The van der Waals surface area contributed by atoms with E-state index in [0.717, 1.165) is 45.0 Å². The van der Waals surface area contributed by atoms with Crippen molar-refractivity contribution in [3.63, 3.8) is 0 Å². The zero-order chi connectivity index (χ0) is 45.4. The fourth-order valence-electron chi connectivity index (χ4n) is 10.5. The largest absolute Gasteiger partial charge is 0.465 e. The Labute approximate surface area is 363 Å². The van der Waals surface area contributed by atoms with Crippen LogP contribution < -0.4 is 16.4 Å². The third kappa shape index (κ3) is 7.81. The van der Waals surface area contributed by atoms with Gasteiger partial charge in [-0.15, -0.1) is 0 Å². The molecule has 0 bridgehead atoms. The lowest BCUT2D eigenvalue weighted by Gasteiger charge is -2.41.